The fraction of sp³-hybridized carbons (Fsp3) is 0.556. The number of rotatable bonds is 4. The van der Waals surface area contributed by atoms with Crippen LogP contribution in [0, 0.1) is 17.1 Å². The van der Waals surface area contributed by atoms with Crippen molar-refractivity contribution in [2.24, 2.45) is 0 Å². The molecule has 2 aliphatic rings. The lowest BCUT2D eigenvalue weighted by Crippen LogP contribution is -2.48. The van der Waals surface area contributed by atoms with Crippen LogP contribution in [-0.4, -0.2) is 29.4 Å². The highest BCUT2D eigenvalue weighted by Gasteiger charge is 2.36. The second-order valence-corrected chi connectivity index (χ2v) is 6.63. The van der Waals surface area contributed by atoms with Crippen LogP contribution in [0.25, 0.3) is 0 Å². The van der Waals surface area contributed by atoms with E-state index in [4.69, 9.17) is 0 Å². The molecular formula is C18H22FN3O. The predicted octanol–water partition coefficient (Wildman–Crippen LogP) is 2.92. The van der Waals surface area contributed by atoms with Crippen LogP contribution in [0.15, 0.2) is 24.3 Å². The number of benzene rings is 1. The maximum Gasteiger partial charge on any atom is 0.235 e. The first kappa shape index (κ1) is 15.9. The first-order valence-corrected chi connectivity index (χ1v) is 8.34. The Morgan fingerprint density at radius 1 is 1.30 bits per heavy atom. The van der Waals surface area contributed by atoms with Crippen molar-refractivity contribution in [1.82, 2.24) is 10.2 Å². The summed E-state index contributed by atoms with van der Waals surface area (Å²) in [5, 5.41) is 12.3. The average Bonchev–Trinajstić information content (AvgIpc) is 3.18. The topological polar surface area (TPSA) is 56.1 Å². The zero-order valence-electron chi connectivity index (χ0n) is 13.2. The maximum atomic E-state index is 13.1. The number of hydrogen-bond donors (Lipinski definition) is 1. The first-order chi connectivity index (χ1) is 11.1. The molecule has 0 bridgehead atoms. The van der Waals surface area contributed by atoms with Gasteiger partial charge in [0.1, 0.15) is 11.4 Å². The fourth-order valence-electron chi connectivity index (χ4n) is 3.81. The van der Waals surface area contributed by atoms with Crippen LogP contribution >= 0.6 is 0 Å². The summed E-state index contributed by atoms with van der Waals surface area (Å²) in [7, 11) is 0. The van der Waals surface area contributed by atoms with Gasteiger partial charge in [-0.2, -0.15) is 5.26 Å². The van der Waals surface area contributed by atoms with Gasteiger partial charge in [-0.15, -0.1) is 0 Å². The molecule has 1 N–H and O–H groups in total. The molecule has 3 rings (SSSR count). The molecule has 2 fully saturated rings. The van der Waals surface area contributed by atoms with Gasteiger partial charge in [-0.3, -0.25) is 9.69 Å². The van der Waals surface area contributed by atoms with E-state index in [9.17, 15) is 14.4 Å². The molecule has 4 nitrogen and oxygen atoms in total. The Kier molecular flexibility index (Phi) is 4.63. The second-order valence-electron chi connectivity index (χ2n) is 6.63. The Morgan fingerprint density at radius 2 is 2.00 bits per heavy atom. The minimum atomic E-state index is -0.665. The molecular weight excluding hydrogens is 293 g/mol. The summed E-state index contributed by atoms with van der Waals surface area (Å²) in [5.41, 5.74) is 0.384. The highest BCUT2D eigenvalue weighted by molar-refractivity contribution is 5.79. The molecule has 1 amide bonds. The Hall–Kier alpha value is -1.93. The molecule has 1 aromatic rings. The minimum Gasteiger partial charge on any atom is -0.337 e. The van der Waals surface area contributed by atoms with E-state index in [1.54, 1.807) is 12.1 Å². The molecule has 1 aliphatic heterocycles. The molecule has 0 aromatic heterocycles. The van der Waals surface area contributed by atoms with Crippen molar-refractivity contribution in [3.63, 3.8) is 0 Å². The summed E-state index contributed by atoms with van der Waals surface area (Å²) in [6, 6.07) is 8.97. The number of likely N-dealkylation sites (tertiary alicyclic amines) is 1. The molecule has 1 unspecified atom stereocenters. The van der Waals surface area contributed by atoms with E-state index < -0.39 is 5.54 Å². The predicted molar refractivity (Wildman–Crippen MR) is 84.9 cm³/mol. The lowest BCUT2D eigenvalue weighted by Gasteiger charge is -2.27. The fourth-order valence-corrected chi connectivity index (χ4v) is 3.81. The van der Waals surface area contributed by atoms with Gasteiger partial charge < -0.3 is 5.32 Å². The van der Waals surface area contributed by atoms with Crippen molar-refractivity contribution in [2.45, 2.75) is 50.1 Å². The van der Waals surface area contributed by atoms with E-state index in [0.717, 1.165) is 50.6 Å². The maximum absolute atomic E-state index is 13.1. The molecule has 1 aliphatic carbocycles. The zero-order valence-corrected chi connectivity index (χ0v) is 13.2. The van der Waals surface area contributed by atoms with E-state index in [0.29, 0.717) is 6.54 Å². The van der Waals surface area contributed by atoms with Crippen molar-refractivity contribution < 1.29 is 9.18 Å². The largest absolute Gasteiger partial charge is 0.337 e. The van der Waals surface area contributed by atoms with Gasteiger partial charge in [0.05, 0.1) is 12.6 Å². The van der Waals surface area contributed by atoms with Crippen LogP contribution in [0.3, 0.4) is 0 Å². The van der Waals surface area contributed by atoms with Crippen molar-refractivity contribution in [3.8, 4) is 6.07 Å². The van der Waals surface area contributed by atoms with Crippen molar-refractivity contribution in [3.05, 3.63) is 35.6 Å². The third-order valence-corrected chi connectivity index (χ3v) is 5.01. The van der Waals surface area contributed by atoms with Gasteiger partial charge in [0, 0.05) is 6.04 Å². The lowest BCUT2D eigenvalue weighted by molar-refractivity contribution is -0.123. The Morgan fingerprint density at radius 3 is 2.65 bits per heavy atom. The summed E-state index contributed by atoms with van der Waals surface area (Å²) in [5.74, 6) is -0.323. The highest BCUT2D eigenvalue weighted by atomic mass is 19.1. The van der Waals surface area contributed by atoms with Gasteiger partial charge in [0.15, 0.2) is 0 Å². The molecule has 1 saturated carbocycles. The average molecular weight is 315 g/mol. The molecule has 1 heterocycles. The zero-order chi connectivity index (χ0) is 16.3. The monoisotopic (exact) mass is 315 g/mol. The number of carbonyl (C=O) groups is 1. The Labute approximate surface area is 136 Å². The number of nitrogens with zero attached hydrogens (tertiary/aromatic N) is 2. The van der Waals surface area contributed by atoms with Crippen molar-refractivity contribution in [2.75, 3.05) is 13.1 Å². The third kappa shape index (κ3) is 3.53. The van der Waals surface area contributed by atoms with E-state index in [1.807, 2.05) is 0 Å². The number of nitriles is 1. The molecule has 1 atom stereocenters. The molecule has 23 heavy (non-hydrogen) atoms. The third-order valence-electron chi connectivity index (χ3n) is 5.01. The Bertz CT molecular complexity index is 602. The van der Waals surface area contributed by atoms with Gasteiger partial charge in [-0.1, -0.05) is 12.1 Å². The van der Waals surface area contributed by atoms with Gasteiger partial charge in [-0.25, -0.2) is 4.39 Å². The number of hydrogen-bond acceptors (Lipinski definition) is 3. The van der Waals surface area contributed by atoms with E-state index in [1.165, 1.54) is 12.1 Å². The van der Waals surface area contributed by atoms with Crippen LogP contribution < -0.4 is 5.32 Å². The smallest absolute Gasteiger partial charge is 0.235 e. The van der Waals surface area contributed by atoms with Crippen molar-refractivity contribution >= 4 is 5.91 Å². The van der Waals surface area contributed by atoms with E-state index in [-0.39, 0.29) is 17.8 Å². The number of nitrogens with one attached hydrogen (secondary N) is 1. The van der Waals surface area contributed by atoms with Crippen LogP contribution in [0.2, 0.25) is 0 Å². The van der Waals surface area contributed by atoms with Crippen LogP contribution in [-0.2, 0) is 4.79 Å². The number of halogens is 1. The highest BCUT2D eigenvalue weighted by Crippen LogP contribution is 2.32. The number of carbonyl (C=O) groups excluding carboxylic acids is 1. The summed E-state index contributed by atoms with van der Waals surface area (Å²) in [6.07, 6.45) is 5.49. The van der Waals surface area contributed by atoms with Crippen LogP contribution in [0.4, 0.5) is 4.39 Å². The van der Waals surface area contributed by atoms with E-state index >= 15 is 0 Å². The molecule has 1 aromatic carbocycles. The Balaban J connectivity index is 1.63. The second kappa shape index (κ2) is 6.67. The summed E-state index contributed by atoms with van der Waals surface area (Å²) in [6.45, 7) is 1.15. The van der Waals surface area contributed by atoms with Gasteiger partial charge in [0.25, 0.3) is 0 Å². The molecule has 122 valence electrons. The molecule has 0 spiro atoms. The molecule has 5 heteroatoms. The summed E-state index contributed by atoms with van der Waals surface area (Å²) in [4.78, 5) is 14.5. The van der Waals surface area contributed by atoms with Gasteiger partial charge >= 0.3 is 0 Å². The lowest BCUT2D eigenvalue weighted by atomic mass is 10.00. The van der Waals surface area contributed by atoms with Crippen molar-refractivity contribution in [1.29, 1.82) is 5.26 Å². The SMILES string of the molecule is N#CC1(NC(=O)CN2CCCC2c2ccc(F)cc2)CCCC1. The van der Waals surface area contributed by atoms with Crippen LogP contribution in [0.1, 0.15) is 50.1 Å². The molecule has 0 radical (unpaired) electrons. The standard InChI is InChI=1S/C18H22FN3O/c19-15-7-5-14(6-8-15)16-4-3-11-22(16)12-17(23)21-18(13-20)9-1-2-10-18/h5-8,16H,1-4,9-12H2,(H,21,23). The molecule has 1 saturated heterocycles. The van der Waals surface area contributed by atoms with Gasteiger partial charge in [0.2, 0.25) is 5.91 Å². The van der Waals surface area contributed by atoms with Gasteiger partial charge in [-0.05, 0) is 62.8 Å². The quantitative estimate of drug-likeness (QED) is 0.929. The summed E-state index contributed by atoms with van der Waals surface area (Å²) >= 11 is 0. The minimum absolute atomic E-state index is 0.0811. The van der Waals surface area contributed by atoms with Crippen LogP contribution in [0.5, 0.6) is 0 Å². The first-order valence-electron chi connectivity index (χ1n) is 8.34. The normalized spacial score (nSPS) is 23.6. The number of amides is 1. The van der Waals surface area contributed by atoms with E-state index in [2.05, 4.69) is 16.3 Å². The summed E-state index contributed by atoms with van der Waals surface area (Å²) < 4.78 is 13.1.